The average molecular weight is 291 g/mol. The van der Waals surface area contributed by atoms with Crippen molar-refractivity contribution in [2.45, 2.75) is 39.5 Å². The van der Waals surface area contributed by atoms with E-state index in [4.69, 9.17) is 16.7 Å². The van der Waals surface area contributed by atoms with Crippen LogP contribution in [-0.2, 0) is 10.7 Å². The number of aliphatic carboxylic acids is 1. The van der Waals surface area contributed by atoms with E-state index in [9.17, 15) is 13.6 Å². The lowest BCUT2D eigenvalue weighted by Crippen LogP contribution is -2.20. The Morgan fingerprint density at radius 3 is 2.42 bits per heavy atom. The molecule has 1 aromatic carbocycles. The summed E-state index contributed by atoms with van der Waals surface area (Å²) in [6, 6.07) is 2.90. The van der Waals surface area contributed by atoms with Gasteiger partial charge in [-0.3, -0.25) is 4.79 Å². The highest BCUT2D eigenvalue weighted by Crippen LogP contribution is 2.40. The van der Waals surface area contributed by atoms with Gasteiger partial charge in [-0.25, -0.2) is 8.78 Å². The minimum Gasteiger partial charge on any atom is -0.481 e. The number of hydrogen-bond acceptors (Lipinski definition) is 1. The summed E-state index contributed by atoms with van der Waals surface area (Å²) in [5, 5.41) is 8.64. The summed E-state index contributed by atoms with van der Waals surface area (Å²) in [5.74, 6) is -4.82. The van der Waals surface area contributed by atoms with Crippen molar-refractivity contribution in [1.29, 1.82) is 0 Å². The van der Waals surface area contributed by atoms with E-state index in [2.05, 4.69) is 0 Å². The Bertz CT molecular complexity index is 487. The molecule has 0 saturated carbocycles. The summed E-state index contributed by atoms with van der Waals surface area (Å²) in [6.07, 6.45) is -0.806. The Balaban J connectivity index is 2.99. The van der Waals surface area contributed by atoms with Crippen LogP contribution in [0.15, 0.2) is 12.1 Å². The van der Waals surface area contributed by atoms with Crippen LogP contribution >= 0.6 is 11.6 Å². The van der Waals surface area contributed by atoms with Gasteiger partial charge in [-0.1, -0.05) is 18.5 Å². The van der Waals surface area contributed by atoms with Crippen molar-refractivity contribution in [2.75, 3.05) is 0 Å². The van der Waals surface area contributed by atoms with E-state index >= 15 is 0 Å². The molecule has 0 bridgehead atoms. The maximum atomic E-state index is 14.2. The summed E-state index contributed by atoms with van der Waals surface area (Å²) < 4.78 is 28.3. The number of benzene rings is 1. The monoisotopic (exact) mass is 290 g/mol. The minimum atomic E-state index is -3.12. The summed E-state index contributed by atoms with van der Waals surface area (Å²) in [5.41, 5.74) is 1.36. The minimum absolute atomic E-state index is 0.0237. The van der Waals surface area contributed by atoms with Crippen molar-refractivity contribution in [1.82, 2.24) is 0 Å². The molecule has 0 aliphatic heterocycles. The lowest BCUT2D eigenvalue weighted by molar-refractivity contribution is -0.138. The second-order valence-electron chi connectivity index (χ2n) is 5.03. The van der Waals surface area contributed by atoms with Crippen molar-refractivity contribution in [3.8, 4) is 0 Å². The molecule has 5 heteroatoms. The second-order valence-corrected chi connectivity index (χ2v) is 5.44. The molecule has 1 aromatic rings. The first kappa shape index (κ1) is 15.9. The molecule has 19 heavy (non-hydrogen) atoms. The van der Waals surface area contributed by atoms with Gasteiger partial charge in [-0.15, -0.1) is 0 Å². The normalized spacial score (nSPS) is 13.4. The average Bonchev–Trinajstić information content (AvgIpc) is 2.20. The largest absolute Gasteiger partial charge is 0.481 e. The molecule has 106 valence electrons. The number of carbonyl (C=O) groups is 1. The summed E-state index contributed by atoms with van der Waals surface area (Å²) in [7, 11) is 0. The van der Waals surface area contributed by atoms with Crippen LogP contribution in [0.4, 0.5) is 8.78 Å². The molecule has 0 aromatic heterocycles. The zero-order valence-electron chi connectivity index (χ0n) is 11.1. The van der Waals surface area contributed by atoms with E-state index in [0.29, 0.717) is 0 Å². The highest BCUT2D eigenvalue weighted by Gasteiger charge is 2.36. The van der Waals surface area contributed by atoms with Gasteiger partial charge in [-0.05, 0) is 43.0 Å². The second kappa shape index (κ2) is 5.87. The lowest BCUT2D eigenvalue weighted by Gasteiger charge is -2.22. The maximum Gasteiger partial charge on any atom is 0.303 e. The lowest BCUT2D eigenvalue weighted by atomic mass is 9.93. The fourth-order valence-corrected chi connectivity index (χ4v) is 2.34. The van der Waals surface area contributed by atoms with Gasteiger partial charge < -0.3 is 5.11 Å². The first-order chi connectivity index (χ1) is 8.63. The van der Waals surface area contributed by atoms with E-state index in [1.807, 2.05) is 0 Å². The van der Waals surface area contributed by atoms with Gasteiger partial charge in [0.25, 0.3) is 5.92 Å². The first-order valence-corrected chi connectivity index (χ1v) is 6.38. The zero-order valence-corrected chi connectivity index (χ0v) is 11.9. The van der Waals surface area contributed by atoms with Gasteiger partial charge in [0.1, 0.15) is 0 Å². The molecule has 0 aliphatic rings. The summed E-state index contributed by atoms with van der Waals surface area (Å²) in [4.78, 5) is 10.5. The zero-order chi connectivity index (χ0) is 14.8. The molecule has 0 amide bonds. The predicted molar refractivity (Wildman–Crippen MR) is 70.9 cm³/mol. The number of hydrogen-bond donors (Lipinski definition) is 1. The molecule has 0 aliphatic carbocycles. The summed E-state index contributed by atoms with van der Waals surface area (Å²) >= 11 is 5.88. The van der Waals surface area contributed by atoms with E-state index in [1.54, 1.807) is 13.8 Å². The van der Waals surface area contributed by atoms with Gasteiger partial charge in [0.05, 0.1) is 5.02 Å². The Morgan fingerprint density at radius 2 is 1.89 bits per heavy atom. The number of carboxylic acid groups (broad SMARTS) is 1. The van der Waals surface area contributed by atoms with Crippen LogP contribution in [0.3, 0.4) is 0 Å². The molecular weight excluding hydrogens is 274 g/mol. The molecule has 0 saturated heterocycles. The van der Waals surface area contributed by atoms with Gasteiger partial charge in [-0.2, -0.15) is 0 Å². The first-order valence-electron chi connectivity index (χ1n) is 6.00. The number of carboxylic acids is 1. The SMILES string of the molecule is Cc1cc(Cl)c(C(F)(F)CC(C)CC(=O)O)cc1C. The third kappa shape index (κ3) is 4.16. The number of halogens is 3. The van der Waals surface area contributed by atoms with Crippen molar-refractivity contribution >= 4 is 17.6 Å². The van der Waals surface area contributed by atoms with E-state index < -0.39 is 24.2 Å². The van der Waals surface area contributed by atoms with E-state index in [0.717, 1.165) is 11.1 Å². The molecule has 1 rings (SSSR count). The predicted octanol–water partition coefficient (Wildman–Crippen LogP) is 4.55. The van der Waals surface area contributed by atoms with E-state index in [1.165, 1.54) is 19.1 Å². The van der Waals surface area contributed by atoms with Gasteiger partial charge in [0.15, 0.2) is 0 Å². The number of rotatable bonds is 5. The Kier molecular flexibility index (Phi) is 4.91. The molecule has 0 fully saturated rings. The topological polar surface area (TPSA) is 37.3 Å². The fraction of sp³-hybridized carbons (Fsp3) is 0.500. The molecule has 1 N–H and O–H groups in total. The van der Waals surface area contributed by atoms with E-state index in [-0.39, 0.29) is 17.0 Å². The van der Waals surface area contributed by atoms with Crippen LogP contribution in [-0.4, -0.2) is 11.1 Å². The van der Waals surface area contributed by atoms with Gasteiger partial charge in [0.2, 0.25) is 0 Å². The van der Waals surface area contributed by atoms with Gasteiger partial charge >= 0.3 is 5.97 Å². The Labute approximate surface area is 116 Å². The fourth-order valence-electron chi connectivity index (χ4n) is 1.98. The van der Waals surface area contributed by atoms with Crippen molar-refractivity contribution in [3.63, 3.8) is 0 Å². The van der Waals surface area contributed by atoms with Crippen LogP contribution in [0, 0.1) is 19.8 Å². The van der Waals surface area contributed by atoms with Gasteiger partial charge in [0, 0.05) is 18.4 Å². The van der Waals surface area contributed by atoms with Crippen LogP contribution in [0.25, 0.3) is 0 Å². The van der Waals surface area contributed by atoms with Crippen LogP contribution in [0.1, 0.15) is 36.5 Å². The highest BCUT2D eigenvalue weighted by molar-refractivity contribution is 6.31. The molecule has 0 heterocycles. The number of aryl methyl sites for hydroxylation is 2. The molecular formula is C14H17ClF2O2. The number of alkyl halides is 2. The standard InChI is InChI=1S/C14H17ClF2O2/c1-8(4-13(18)19)7-14(16,17)11-5-9(2)10(3)6-12(11)15/h5-6,8H,4,7H2,1-3H3,(H,18,19). The molecule has 2 nitrogen and oxygen atoms in total. The smallest absolute Gasteiger partial charge is 0.303 e. The Hall–Kier alpha value is -1.16. The van der Waals surface area contributed by atoms with Crippen LogP contribution in [0.5, 0.6) is 0 Å². The highest BCUT2D eigenvalue weighted by atomic mass is 35.5. The maximum absolute atomic E-state index is 14.2. The van der Waals surface area contributed by atoms with Crippen molar-refractivity contribution < 1.29 is 18.7 Å². The molecule has 0 radical (unpaired) electrons. The van der Waals surface area contributed by atoms with Crippen LogP contribution in [0.2, 0.25) is 5.02 Å². The quantitative estimate of drug-likeness (QED) is 0.864. The van der Waals surface area contributed by atoms with Crippen molar-refractivity contribution in [2.24, 2.45) is 5.92 Å². The molecule has 1 unspecified atom stereocenters. The Morgan fingerprint density at radius 1 is 1.37 bits per heavy atom. The summed E-state index contributed by atoms with van der Waals surface area (Å²) in [6.45, 7) is 5.04. The third-order valence-corrected chi connectivity index (χ3v) is 3.42. The molecule has 1 atom stereocenters. The third-order valence-electron chi connectivity index (χ3n) is 3.11. The van der Waals surface area contributed by atoms with Crippen molar-refractivity contribution in [3.05, 3.63) is 33.8 Å². The molecule has 0 spiro atoms. The van der Waals surface area contributed by atoms with Crippen LogP contribution < -0.4 is 0 Å².